The molecule has 0 radical (unpaired) electrons. The van der Waals surface area contributed by atoms with Gasteiger partial charge in [0.1, 0.15) is 5.82 Å². The van der Waals surface area contributed by atoms with Crippen molar-refractivity contribution in [2.75, 3.05) is 9.80 Å². The van der Waals surface area contributed by atoms with Crippen LogP contribution in [0.4, 0.5) is 17.1 Å². The Labute approximate surface area is 388 Å². The molecule has 11 rings (SSSR count). The number of hydrogen-bond acceptors (Lipinski definition) is 5. The average Bonchev–Trinajstić information content (AvgIpc) is 3.87. The third-order valence-corrected chi connectivity index (χ3v) is 11.9. The fourth-order valence-corrected chi connectivity index (χ4v) is 8.76. The molecule has 3 aliphatic heterocycles. The summed E-state index contributed by atoms with van der Waals surface area (Å²) in [5.41, 5.74) is 11.5. The van der Waals surface area contributed by atoms with Crippen molar-refractivity contribution in [2.24, 2.45) is 0 Å². The second-order valence-electron chi connectivity index (χ2n) is 16.8. The van der Waals surface area contributed by atoms with E-state index in [1.807, 2.05) is 48.7 Å². The quantitative estimate of drug-likeness (QED) is 0.117. The molecule has 6 nitrogen and oxygen atoms in total. The Bertz CT molecular complexity index is 3280. The van der Waals surface area contributed by atoms with Gasteiger partial charge in [-0.2, -0.15) is 12.1 Å². The largest absolute Gasteiger partial charge is 0.509 e. The Hall–Kier alpha value is -6.82. The van der Waals surface area contributed by atoms with Crippen molar-refractivity contribution in [3.63, 3.8) is 0 Å². The molecule has 0 fully saturated rings. The fourth-order valence-electron chi connectivity index (χ4n) is 8.76. The third-order valence-electron chi connectivity index (χ3n) is 11.9. The molecule has 0 N–H and O–H groups in total. The number of aryl methyl sites for hydroxylation is 1. The van der Waals surface area contributed by atoms with Gasteiger partial charge in [-0.15, -0.1) is 48.1 Å². The minimum Gasteiger partial charge on any atom is -0.509 e. The molecule has 6 aromatic carbocycles. The van der Waals surface area contributed by atoms with Crippen molar-refractivity contribution >= 4 is 56.9 Å². The zero-order valence-electron chi connectivity index (χ0n) is 37.9. The second kappa shape index (κ2) is 16.1. The van der Waals surface area contributed by atoms with Crippen molar-refractivity contribution in [3.8, 4) is 17.3 Å². The first-order valence-electron chi connectivity index (χ1n) is 22.4. The van der Waals surface area contributed by atoms with E-state index in [4.69, 9.17) is 13.8 Å². The van der Waals surface area contributed by atoms with Crippen LogP contribution in [0.1, 0.15) is 47.1 Å². The van der Waals surface area contributed by atoms with Crippen molar-refractivity contribution in [1.82, 2.24) is 14.4 Å². The number of anilines is 3. The SMILES string of the molecule is [2H]C([2H])([2H])c1ccc(C2=CB3C(N4[CH-]N(c5[c-]c(Oc6[c-]c7c(cc6)c6ccccc6n7-c6cc(C(C)(C)C)ccn6)ccc5)c5ccccc54)=C(c4ccccc4)C=CN3C=C2)cc1.[Pt]. The molecule has 0 saturated heterocycles. The first-order valence-corrected chi connectivity index (χ1v) is 20.9. The molecule has 0 aliphatic carbocycles. The molecular weight excluding hydrogens is 953 g/mol. The summed E-state index contributed by atoms with van der Waals surface area (Å²) in [6, 6.07) is 56.0. The summed E-state index contributed by atoms with van der Waals surface area (Å²) in [6.07, 6.45) is 10.4. The van der Waals surface area contributed by atoms with E-state index in [1.54, 1.807) is 12.1 Å². The molecule has 0 unspecified atom stereocenters. The number of fused-ring (bicyclic) bond motifs is 5. The molecule has 0 amide bonds. The Morgan fingerprint density at radius 2 is 1.44 bits per heavy atom. The van der Waals surface area contributed by atoms with E-state index in [1.165, 1.54) is 5.56 Å². The summed E-state index contributed by atoms with van der Waals surface area (Å²) < 4.78 is 32.5. The molecule has 0 bridgehead atoms. The topological polar surface area (TPSA) is 36.8 Å². The molecule has 5 heterocycles. The standard InChI is InChI=1S/C55H43BN5O.Pt/c1-38-21-23-39(24-22-38)41-28-31-58-32-29-46(40-13-6-5-7-14-40)54(56(58)36-41)60-37-59(50-19-10-11-20-51(50)60)43-15-12-16-44(34-43)62-45-25-26-48-47-17-8-9-18-49(47)61(52(48)35-45)53-33-42(27-30-57-53)55(2,3)4;/h5-33,36-37H,1-4H3;/q-3;/i1D3;. The zero-order chi connectivity index (χ0) is 44.5. The van der Waals surface area contributed by atoms with Crippen molar-refractivity contribution in [3.05, 3.63) is 229 Å². The summed E-state index contributed by atoms with van der Waals surface area (Å²) >= 11 is 0. The first-order chi connectivity index (χ1) is 31.5. The molecule has 63 heavy (non-hydrogen) atoms. The Balaban J connectivity index is 0.00000511. The van der Waals surface area contributed by atoms with Crippen molar-refractivity contribution in [1.29, 1.82) is 0 Å². The van der Waals surface area contributed by atoms with Crippen LogP contribution in [0.15, 0.2) is 188 Å². The van der Waals surface area contributed by atoms with Gasteiger partial charge in [0, 0.05) is 59.8 Å². The van der Waals surface area contributed by atoms with Crippen LogP contribution in [0.5, 0.6) is 11.5 Å². The number of hydrogen-bond donors (Lipinski definition) is 0. The third kappa shape index (κ3) is 7.30. The van der Waals surface area contributed by atoms with Gasteiger partial charge in [-0.1, -0.05) is 123 Å². The number of aromatic nitrogens is 2. The van der Waals surface area contributed by atoms with Gasteiger partial charge < -0.3 is 23.9 Å². The van der Waals surface area contributed by atoms with Crippen LogP contribution in [0.25, 0.3) is 38.8 Å². The van der Waals surface area contributed by atoms with E-state index in [2.05, 4.69) is 180 Å². The zero-order valence-corrected chi connectivity index (χ0v) is 37.2. The molecule has 8 heteroatoms. The molecule has 310 valence electrons. The van der Waals surface area contributed by atoms with Crippen LogP contribution in [0.2, 0.25) is 0 Å². The van der Waals surface area contributed by atoms with Crippen LogP contribution in [0.3, 0.4) is 0 Å². The molecular formula is C55H43BN5OPt-3. The maximum absolute atomic E-state index is 7.89. The first kappa shape index (κ1) is 36.8. The van der Waals surface area contributed by atoms with Crippen LogP contribution in [0, 0.1) is 25.7 Å². The predicted molar refractivity (Wildman–Crippen MR) is 255 cm³/mol. The number of nitrogens with zero attached hydrogens (tertiary/aromatic N) is 5. The number of benzene rings is 6. The van der Waals surface area contributed by atoms with Gasteiger partial charge in [0.15, 0.2) is 0 Å². The normalized spacial score (nSPS) is 15.5. The number of para-hydroxylation sites is 3. The summed E-state index contributed by atoms with van der Waals surface area (Å²) in [5, 5.41) is 2.19. The predicted octanol–water partition coefficient (Wildman–Crippen LogP) is 13.2. The van der Waals surface area contributed by atoms with Gasteiger partial charge in [-0.25, -0.2) is 4.98 Å². The minimum atomic E-state index is -2.17. The second-order valence-corrected chi connectivity index (χ2v) is 16.8. The number of rotatable bonds is 7. The number of ether oxygens (including phenoxy) is 1. The van der Waals surface area contributed by atoms with Gasteiger partial charge in [0.2, 0.25) is 0 Å². The fraction of sp³-hybridized carbons (Fsp3) is 0.0909. The Morgan fingerprint density at radius 1 is 0.698 bits per heavy atom. The van der Waals surface area contributed by atoms with Gasteiger partial charge in [-0.3, -0.25) is 0 Å². The van der Waals surface area contributed by atoms with E-state index in [9.17, 15) is 0 Å². The van der Waals surface area contributed by atoms with Crippen molar-refractivity contribution < 1.29 is 29.9 Å². The smallest absolute Gasteiger partial charge is 0.335 e. The molecule has 2 aromatic heterocycles. The summed E-state index contributed by atoms with van der Waals surface area (Å²) in [6.45, 7) is 6.43. The summed E-state index contributed by atoms with van der Waals surface area (Å²) in [5.74, 6) is 4.22. The van der Waals surface area contributed by atoms with Crippen molar-refractivity contribution in [2.45, 2.75) is 33.0 Å². The van der Waals surface area contributed by atoms with E-state index in [0.29, 0.717) is 17.1 Å². The summed E-state index contributed by atoms with van der Waals surface area (Å²) in [4.78, 5) is 11.5. The average molecular weight is 999 g/mol. The van der Waals surface area contributed by atoms with Crippen LogP contribution < -0.4 is 14.5 Å². The van der Waals surface area contributed by atoms with E-state index in [-0.39, 0.29) is 33.3 Å². The molecule has 0 atom stereocenters. The van der Waals surface area contributed by atoms with E-state index >= 15 is 0 Å². The minimum absolute atomic E-state index is 0. The van der Waals surface area contributed by atoms with Gasteiger partial charge in [-0.05, 0) is 106 Å². The van der Waals surface area contributed by atoms with E-state index in [0.717, 1.165) is 72.6 Å². The summed E-state index contributed by atoms with van der Waals surface area (Å²) in [7, 11) is 0. The molecule has 8 aromatic rings. The van der Waals surface area contributed by atoms with Gasteiger partial charge in [0.25, 0.3) is 0 Å². The maximum atomic E-state index is 7.89. The van der Waals surface area contributed by atoms with Gasteiger partial charge >= 0.3 is 6.85 Å². The van der Waals surface area contributed by atoms with E-state index < -0.39 is 6.85 Å². The van der Waals surface area contributed by atoms with Gasteiger partial charge in [0.05, 0.1) is 0 Å². The Kier molecular flexibility index (Phi) is 9.43. The molecule has 0 spiro atoms. The van der Waals surface area contributed by atoms with Crippen LogP contribution in [-0.2, 0) is 26.5 Å². The Morgan fingerprint density at radius 3 is 2.25 bits per heavy atom. The molecule has 3 aliphatic rings. The number of allylic oxidation sites excluding steroid dienone is 4. The van der Waals surface area contributed by atoms with Crippen LogP contribution in [-0.4, -0.2) is 21.2 Å². The maximum Gasteiger partial charge on any atom is 0.335 e. The molecule has 0 saturated carbocycles. The van der Waals surface area contributed by atoms with Crippen LogP contribution >= 0.6 is 0 Å². The monoisotopic (exact) mass is 998 g/mol. The number of pyridine rings is 1.